The highest BCUT2D eigenvalue weighted by Gasteiger charge is 2.08. The first-order valence-electron chi connectivity index (χ1n) is 6.09. The lowest BCUT2D eigenvalue weighted by Gasteiger charge is -1.99. The summed E-state index contributed by atoms with van der Waals surface area (Å²) in [7, 11) is 0. The van der Waals surface area contributed by atoms with Gasteiger partial charge in [-0.1, -0.05) is 0 Å². The summed E-state index contributed by atoms with van der Waals surface area (Å²) < 4.78 is 14.9. The van der Waals surface area contributed by atoms with Crippen LogP contribution in [0, 0.1) is 12.7 Å². The molecule has 3 aromatic rings. The molecule has 7 nitrogen and oxygen atoms in total. The lowest BCUT2D eigenvalue weighted by molar-refractivity contribution is 0.449. The maximum Gasteiger partial charge on any atom is 0.204 e. The Morgan fingerprint density at radius 1 is 1.25 bits per heavy atom. The molecule has 1 aromatic carbocycles. The fourth-order valence-corrected chi connectivity index (χ4v) is 1.78. The molecule has 0 unspecified atom stereocenters. The number of hydrogen-bond acceptors (Lipinski definition) is 5. The van der Waals surface area contributed by atoms with Crippen LogP contribution in [0.15, 0.2) is 30.9 Å². The van der Waals surface area contributed by atoms with E-state index in [9.17, 15) is 4.39 Å². The minimum absolute atomic E-state index is 0.243. The lowest BCUT2D eigenvalue weighted by atomic mass is 10.1. The standard InChI is InChI=1S/C12H12FN7/c1-9-6-10(2-3-11(9)13)12-16-18-20(17-12)5-4-19-8-14-7-15-19/h2-3,6-8H,4-5H2,1H3. The van der Waals surface area contributed by atoms with Crippen molar-refractivity contribution >= 4 is 0 Å². The van der Waals surface area contributed by atoms with Crippen molar-refractivity contribution in [3.63, 3.8) is 0 Å². The molecule has 0 amide bonds. The van der Waals surface area contributed by atoms with Crippen molar-refractivity contribution in [2.75, 3.05) is 0 Å². The number of aromatic nitrogens is 7. The van der Waals surface area contributed by atoms with Crippen molar-refractivity contribution in [2.24, 2.45) is 0 Å². The van der Waals surface area contributed by atoms with Gasteiger partial charge < -0.3 is 0 Å². The fraction of sp³-hybridized carbons (Fsp3) is 0.250. The lowest BCUT2D eigenvalue weighted by Crippen LogP contribution is -2.10. The number of aryl methyl sites for hydroxylation is 3. The molecule has 0 atom stereocenters. The first-order chi connectivity index (χ1) is 9.72. The Bertz CT molecular complexity index is 704. The summed E-state index contributed by atoms with van der Waals surface area (Å²) in [5, 5.41) is 16.2. The Morgan fingerprint density at radius 2 is 2.15 bits per heavy atom. The van der Waals surface area contributed by atoms with Gasteiger partial charge in [0.2, 0.25) is 5.82 Å². The number of nitrogens with zero attached hydrogens (tertiary/aromatic N) is 7. The van der Waals surface area contributed by atoms with Gasteiger partial charge in [0, 0.05) is 5.56 Å². The molecule has 0 spiro atoms. The minimum Gasteiger partial charge on any atom is -0.251 e. The van der Waals surface area contributed by atoms with E-state index >= 15 is 0 Å². The molecule has 102 valence electrons. The SMILES string of the molecule is Cc1cc(-c2nnn(CCn3cncn3)n2)ccc1F. The van der Waals surface area contributed by atoms with Gasteiger partial charge in [-0.2, -0.15) is 9.90 Å². The summed E-state index contributed by atoms with van der Waals surface area (Å²) in [4.78, 5) is 5.34. The van der Waals surface area contributed by atoms with E-state index in [1.807, 2.05) is 0 Å². The molecular weight excluding hydrogens is 261 g/mol. The van der Waals surface area contributed by atoms with Gasteiger partial charge in [0.1, 0.15) is 18.5 Å². The third kappa shape index (κ3) is 2.53. The van der Waals surface area contributed by atoms with Crippen LogP contribution in [-0.4, -0.2) is 35.0 Å². The second-order valence-electron chi connectivity index (χ2n) is 4.33. The Morgan fingerprint density at radius 3 is 2.90 bits per heavy atom. The second kappa shape index (κ2) is 5.16. The molecule has 0 aliphatic carbocycles. The van der Waals surface area contributed by atoms with Crippen LogP contribution >= 0.6 is 0 Å². The van der Waals surface area contributed by atoms with E-state index in [1.165, 1.54) is 17.2 Å². The molecule has 0 aliphatic heterocycles. The van der Waals surface area contributed by atoms with Crippen molar-refractivity contribution in [2.45, 2.75) is 20.0 Å². The van der Waals surface area contributed by atoms with Crippen LogP contribution in [0.5, 0.6) is 0 Å². The Balaban J connectivity index is 1.74. The molecular formula is C12H12FN7. The van der Waals surface area contributed by atoms with Gasteiger partial charge in [-0.25, -0.2) is 9.37 Å². The van der Waals surface area contributed by atoms with E-state index in [2.05, 4.69) is 25.5 Å². The summed E-state index contributed by atoms with van der Waals surface area (Å²) in [6, 6.07) is 4.75. The summed E-state index contributed by atoms with van der Waals surface area (Å²) in [6.07, 6.45) is 3.10. The molecule has 0 saturated heterocycles. The zero-order valence-electron chi connectivity index (χ0n) is 10.8. The monoisotopic (exact) mass is 273 g/mol. The number of rotatable bonds is 4. The van der Waals surface area contributed by atoms with Crippen LogP contribution in [0.2, 0.25) is 0 Å². The van der Waals surface area contributed by atoms with E-state index in [0.717, 1.165) is 5.56 Å². The maximum absolute atomic E-state index is 13.2. The molecule has 0 radical (unpaired) electrons. The zero-order valence-corrected chi connectivity index (χ0v) is 10.8. The Labute approximate surface area is 114 Å². The van der Waals surface area contributed by atoms with Crippen molar-refractivity contribution in [3.8, 4) is 11.4 Å². The first-order valence-corrected chi connectivity index (χ1v) is 6.09. The summed E-state index contributed by atoms with van der Waals surface area (Å²) in [5.41, 5.74) is 1.30. The van der Waals surface area contributed by atoms with Crippen LogP contribution in [0.25, 0.3) is 11.4 Å². The molecule has 0 saturated carbocycles. The van der Waals surface area contributed by atoms with Crippen LogP contribution < -0.4 is 0 Å². The van der Waals surface area contributed by atoms with E-state index in [-0.39, 0.29) is 5.82 Å². The second-order valence-corrected chi connectivity index (χ2v) is 4.33. The number of halogens is 1. The van der Waals surface area contributed by atoms with Crippen molar-refractivity contribution in [1.29, 1.82) is 0 Å². The van der Waals surface area contributed by atoms with Crippen LogP contribution in [-0.2, 0) is 13.1 Å². The van der Waals surface area contributed by atoms with Gasteiger partial charge in [0.05, 0.1) is 13.1 Å². The highest BCUT2D eigenvalue weighted by Crippen LogP contribution is 2.17. The number of hydrogen-bond donors (Lipinski definition) is 0. The fourth-order valence-electron chi connectivity index (χ4n) is 1.78. The molecule has 8 heteroatoms. The molecule has 2 heterocycles. The molecule has 0 bridgehead atoms. The maximum atomic E-state index is 13.2. The highest BCUT2D eigenvalue weighted by atomic mass is 19.1. The topological polar surface area (TPSA) is 74.3 Å². The van der Waals surface area contributed by atoms with Gasteiger partial charge in [-0.3, -0.25) is 4.68 Å². The normalized spacial score (nSPS) is 10.9. The predicted molar refractivity (Wildman–Crippen MR) is 68.0 cm³/mol. The van der Waals surface area contributed by atoms with Crippen LogP contribution in [0.3, 0.4) is 0 Å². The van der Waals surface area contributed by atoms with Crippen molar-refractivity contribution in [1.82, 2.24) is 35.0 Å². The molecule has 0 aliphatic rings. The van der Waals surface area contributed by atoms with Gasteiger partial charge >= 0.3 is 0 Å². The minimum atomic E-state index is -0.243. The summed E-state index contributed by atoms with van der Waals surface area (Å²) in [5.74, 6) is 0.235. The third-order valence-electron chi connectivity index (χ3n) is 2.86. The first kappa shape index (κ1) is 12.4. The van der Waals surface area contributed by atoms with Crippen LogP contribution in [0.1, 0.15) is 5.56 Å². The van der Waals surface area contributed by atoms with E-state index in [0.29, 0.717) is 24.5 Å². The Hall–Kier alpha value is -2.64. The van der Waals surface area contributed by atoms with E-state index in [4.69, 9.17) is 0 Å². The van der Waals surface area contributed by atoms with Crippen molar-refractivity contribution in [3.05, 3.63) is 42.2 Å². The summed E-state index contributed by atoms with van der Waals surface area (Å²) in [6.45, 7) is 2.85. The molecule has 3 rings (SSSR count). The Kier molecular flexibility index (Phi) is 3.20. The predicted octanol–water partition coefficient (Wildman–Crippen LogP) is 1.08. The number of tetrazole rings is 1. The average Bonchev–Trinajstić information content (AvgIpc) is 3.10. The largest absolute Gasteiger partial charge is 0.251 e. The van der Waals surface area contributed by atoms with Gasteiger partial charge in [0.15, 0.2) is 0 Å². The highest BCUT2D eigenvalue weighted by molar-refractivity contribution is 5.54. The summed E-state index contributed by atoms with van der Waals surface area (Å²) >= 11 is 0. The molecule has 0 N–H and O–H groups in total. The third-order valence-corrected chi connectivity index (χ3v) is 2.86. The van der Waals surface area contributed by atoms with Gasteiger partial charge in [0.25, 0.3) is 0 Å². The van der Waals surface area contributed by atoms with E-state index in [1.54, 1.807) is 30.1 Å². The molecule has 2 aromatic heterocycles. The van der Waals surface area contributed by atoms with Crippen LogP contribution in [0.4, 0.5) is 4.39 Å². The van der Waals surface area contributed by atoms with Gasteiger partial charge in [-0.05, 0) is 35.9 Å². The quantitative estimate of drug-likeness (QED) is 0.711. The zero-order chi connectivity index (χ0) is 13.9. The molecule has 20 heavy (non-hydrogen) atoms. The smallest absolute Gasteiger partial charge is 0.204 e. The van der Waals surface area contributed by atoms with Gasteiger partial charge in [-0.15, -0.1) is 10.2 Å². The van der Waals surface area contributed by atoms with Crippen molar-refractivity contribution < 1.29 is 4.39 Å². The average molecular weight is 273 g/mol. The molecule has 0 fully saturated rings. The number of benzene rings is 1. The van der Waals surface area contributed by atoms with E-state index < -0.39 is 0 Å².